The maximum atomic E-state index is 12.4. The lowest BCUT2D eigenvalue weighted by Gasteiger charge is -2.48. The van der Waals surface area contributed by atoms with E-state index in [1.807, 2.05) is 9.80 Å². The largest absolute Gasteiger partial charge is 0.383 e. The van der Waals surface area contributed by atoms with Crippen molar-refractivity contribution in [2.45, 2.75) is 39.0 Å². The van der Waals surface area contributed by atoms with Crippen molar-refractivity contribution in [2.75, 3.05) is 51.4 Å². The topological polar surface area (TPSA) is 49.9 Å². The van der Waals surface area contributed by atoms with Gasteiger partial charge in [0.15, 0.2) is 0 Å². The minimum Gasteiger partial charge on any atom is -0.383 e. The van der Waals surface area contributed by atoms with Crippen LogP contribution in [-0.4, -0.2) is 73.0 Å². The van der Waals surface area contributed by atoms with Crippen LogP contribution in [0.15, 0.2) is 0 Å². The van der Waals surface area contributed by atoms with E-state index in [1.54, 1.807) is 18.9 Å². The number of hydrogen-bond acceptors (Lipinski definition) is 4. The molecule has 0 aliphatic carbocycles. The molecule has 0 aromatic carbocycles. The van der Waals surface area contributed by atoms with Crippen molar-refractivity contribution in [2.24, 2.45) is 5.41 Å². The second kappa shape index (κ2) is 8.92. The molecule has 5 nitrogen and oxygen atoms in total. The van der Waals surface area contributed by atoms with Crippen molar-refractivity contribution in [1.82, 2.24) is 9.80 Å². The summed E-state index contributed by atoms with van der Waals surface area (Å²) in [5, 5.41) is 0. The second-order valence-electron chi connectivity index (χ2n) is 6.78. The molecule has 0 unspecified atom stereocenters. The minimum atomic E-state index is 0.102. The van der Waals surface area contributed by atoms with E-state index in [2.05, 4.69) is 6.92 Å². The standard InChI is InChI=1S/C17H30N2O3S/c1-3-11-23-12-16(21)18-8-4-6-17(13-18)7-5-15(20)19(14-17)9-10-22-2/h3-14H2,1-2H3/t17-/m1/s1. The average molecular weight is 343 g/mol. The maximum absolute atomic E-state index is 12.4. The van der Waals surface area contributed by atoms with Gasteiger partial charge in [-0.15, -0.1) is 0 Å². The van der Waals surface area contributed by atoms with Crippen molar-refractivity contribution in [1.29, 1.82) is 0 Å². The second-order valence-corrected chi connectivity index (χ2v) is 7.88. The third-order valence-electron chi connectivity index (χ3n) is 4.90. The van der Waals surface area contributed by atoms with Crippen molar-refractivity contribution < 1.29 is 14.3 Å². The zero-order valence-corrected chi connectivity index (χ0v) is 15.3. The van der Waals surface area contributed by atoms with Gasteiger partial charge >= 0.3 is 0 Å². The molecule has 2 rings (SSSR count). The fourth-order valence-electron chi connectivity index (χ4n) is 3.66. The first kappa shape index (κ1) is 18.6. The molecule has 0 radical (unpaired) electrons. The zero-order valence-electron chi connectivity index (χ0n) is 14.5. The van der Waals surface area contributed by atoms with Gasteiger partial charge in [-0.1, -0.05) is 6.92 Å². The number of rotatable bonds is 7. The van der Waals surface area contributed by atoms with E-state index in [9.17, 15) is 9.59 Å². The number of thioether (sulfide) groups is 1. The molecular formula is C17H30N2O3S. The van der Waals surface area contributed by atoms with Crippen LogP contribution in [0.3, 0.4) is 0 Å². The Morgan fingerprint density at radius 2 is 2.17 bits per heavy atom. The Morgan fingerprint density at radius 1 is 1.35 bits per heavy atom. The molecule has 6 heteroatoms. The van der Waals surface area contributed by atoms with E-state index in [-0.39, 0.29) is 17.2 Å². The normalized spacial score (nSPS) is 25.2. The number of nitrogens with zero attached hydrogens (tertiary/aromatic N) is 2. The van der Waals surface area contributed by atoms with Gasteiger partial charge in [-0.2, -0.15) is 11.8 Å². The predicted molar refractivity (Wildman–Crippen MR) is 93.6 cm³/mol. The molecule has 2 amide bonds. The summed E-state index contributed by atoms with van der Waals surface area (Å²) in [6.07, 6.45) is 4.81. The van der Waals surface area contributed by atoms with E-state index >= 15 is 0 Å². The first-order valence-corrected chi connectivity index (χ1v) is 9.88. The highest BCUT2D eigenvalue weighted by Crippen LogP contribution is 2.38. The Hall–Kier alpha value is -0.750. The Kier molecular flexibility index (Phi) is 7.21. The van der Waals surface area contributed by atoms with Crippen LogP contribution in [0.5, 0.6) is 0 Å². The SMILES string of the molecule is CCCSCC(=O)N1CCC[C@@]2(CCC(=O)N(CCOC)C2)C1. The fourth-order valence-corrected chi connectivity index (χ4v) is 4.45. The molecule has 0 bridgehead atoms. The van der Waals surface area contributed by atoms with Crippen LogP contribution < -0.4 is 0 Å². The number of carbonyl (C=O) groups is 2. The smallest absolute Gasteiger partial charge is 0.232 e. The van der Waals surface area contributed by atoms with E-state index < -0.39 is 0 Å². The number of amides is 2. The zero-order chi connectivity index (χ0) is 16.7. The third kappa shape index (κ3) is 5.11. The predicted octanol–water partition coefficient (Wildman–Crippen LogP) is 2.01. The lowest BCUT2D eigenvalue weighted by atomic mass is 9.73. The van der Waals surface area contributed by atoms with Gasteiger partial charge in [0, 0.05) is 45.1 Å². The third-order valence-corrected chi connectivity index (χ3v) is 6.05. The first-order valence-electron chi connectivity index (χ1n) is 8.72. The molecular weight excluding hydrogens is 312 g/mol. The van der Waals surface area contributed by atoms with Crippen molar-refractivity contribution in [3.63, 3.8) is 0 Å². The Balaban J connectivity index is 1.92. The van der Waals surface area contributed by atoms with Crippen LogP contribution in [0.25, 0.3) is 0 Å². The number of ether oxygens (including phenoxy) is 1. The lowest BCUT2D eigenvalue weighted by Crippen LogP contribution is -2.55. The lowest BCUT2D eigenvalue weighted by molar-refractivity contribution is -0.142. The highest BCUT2D eigenvalue weighted by atomic mass is 32.2. The van der Waals surface area contributed by atoms with Gasteiger partial charge in [-0.25, -0.2) is 0 Å². The first-order chi connectivity index (χ1) is 11.1. The minimum absolute atomic E-state index is 0.102. The quantitative estimate of drug-likeness (QED) is 0.664. The number of methoxy groups -OCH3 is 1. The molecule has 0 aromatic heterocycles. The number of likely N-dealkylation sites (tertiary alicyclic amines) is 2. The summed E-state index contributed by atoms with van der Waals surface area (Å²) in [5.74, 6) is 2.14. The van der Waals surface area contributed by atoms with E-state index in [1.165, 1.54) is 0 Å². The summed E-state index contributed by atoms with van der Waals surface area (Å²) < 4.78 is 5.12. The number of carbonyl (C=O) groups excluding carboxylic acids is 2. The van der Waals surface area contributed by atoms with Gasteiger partial charge in [0.05, 0.1) is 12.4 Å². The van der Waals surface area contributed by atoms with Crippen molar-refractivity contribution in [3.8, 4) is 0 Å². The summed E-state index contributed by atoms with van der Waals surface area (Å²) in [6, 6.07) is 0. The van der Waals surface area contributed by atoms with Gasteiger partial charge in [0.1, 0.15) is 0 Å². The Morgan fingerprint density at radius 3 is 2.91 bits per heavy atom. The number of hydrogen-bond donors (Lipinski definition) is 0. The van der Waals surface area contributed by atoms with Gasteiger partial charge in [0.25, 0.3) is 0 Å². The Bertz CT molecular complexity index is 419. The monoisotopic (exact) mass is 342 g/mol. The van der Waals surface area contributed by atoms with Crippen LogP contribution in [-0.2, 0) is 14.3 Å². The van der Waals surface area contributed by atoms with Crippen molar-refractivity contribution >= 4 is 23.6 Å². The van der Waals surface area contributed by atoms with E-state index in [0.29, 0.717) is 25.3 Å². The summed E-state index contributed by atoms with van der Waals surface area (Å²) in [6.45, 7) is 5.85. The van der Waals surface area contributed by atoms with Gasteiger partial charge in [-0.3, -0.25) is 9.59 Å². The molecule has 132 valence electrons. The summed E-state index contributed by atoms with van der Waals surface area (Å²) in [5.41, 5.74) is 0.102. The van der Waals surface area contributed by atoms with E-state index in [4.69, 9.17) is 4.74 Å². The summed E-state index contributed by atoms with van der Waals surface area (Å²) >= 11 is 1.73. The summed E-state index contributed by atoms with van der Waals surface area (Å²) in [4.78, 5) is 28.5. The van der Waals surface area contributed by atoms with E-state index in [0.717, 1.165) is 51.1 Å². The molecule has 1 spiro atoms. The number of piperidine rings is 2. The molecule has 2 aliphatic heterocycles. The fraction of sp³-hybridized carbons (Fsp3) is 0.882. The molecule has 0 N–H and O–H groups in total. The molecule has 2 fully saturated rings. The maximum Gasteiger partial charge on any atom is 0.232 e. The van der Waals surface area contributed by atoms with Crippen LogP contribution in [0.4, 0.5) is 0 Å². The van der Waals surface area contributed by atoms with Gasteiger partial charge in [0.2, 0.25) is 11.8 Å². The molecule has 1 atom stereocenters. The average Bonchev–Trinajstić information content (AvgIpc) is 2.56. The van der Waals surface area contributed by atoms with Gasteiger partial charge in [-0.05, 0) is 31.4 Å². The molecule has 2 heterocycles. The van der Waals surface area contributed by atoms with Crippen LogP contribution in [0.1, 0.15) is 39.0 Å². The van der Waals surface area contributed by atoms with Crippen LogP contribution in [0.2, 0.25) is 0 Å². The van der Waals surface area contributed by atoms with Crippen molar-refractivity contribution in [3.05, 3.63) is 0 Å². The van der Waals surface area contributed by atoms with Crippen LogP contribution in [0, 0.1) is 5.41 Å². The highest BCUT2D eigenvalue weighted by molar-refractivity contribution is 7.99. The molecule has 23 heavy (non-hydrogen) atoms. The summed E-state index contributed by atoms with van der Waals surface area (Å²) in [7, 11) is 1.67. The molecule has 2 aliphatic rings. The van der Waals surface area contributed by atoms with Crippen LogP contribution >= 0.6 is 11.8 Å². The molecule has 0 saturated carbocycles. The highest BCUT2D eigenvalue weighted by Gasteiger charge is 2.42. The Labute approximate surface area is 144 Å². The molecule has 0 aromatic rings. The van der Waals surface area contributed by atoms with Gasteiger partial charge < -0.3 is 14.5 Å². The molecule has 2 saturated heterocycles.